The first-order valence-electron chi connectivity index (χ1n) is 3.46. The lowest BCUT2D eigenvalue weighted by Gasteiger charge is -1.86. The van der Waals surface area contributed by atoms with Gasteiger partial charge in [-0.3, -0.25) is 0 Å². The fourth-order valence-electron chi connectivity index (χ4n) is 0.730. The Kier molecular flexibility index (Phi) is 1.78. The second-order valence-electron chi connectivity index (χ2n) is 2.10. The molecular formula is C5H6N6S. The minimum Gasteiger partial charge on any atom is -0.202 e. The number of aromatic nitrogens is 6. The minimum absolute atomic E-state index is 0.705. The Morgan fingerprint density at radius 1 is 1.58 bits per heavy atom. The quantitative estimate of drug-likeness (QED) is 0.657. The predicted octanol–water partition coefficient (Wildman–Crippen LogP) is 0.0762. The zero-order valence-electron chi connectivity index (χ0n) is 6.38. The van der Waals surface area contributed by atoms with Crippen molar-refractivity contribution in [2.24, 2.45) is 0 Å². The predicted molar refractivity (Wildman–Crippen MR) is 42.0 cm³/mol. The largest absolute Gasteiger partial charge is 0.233 e. The summed E-state index contributed by atoms with van der Waals surface area (Å²) >= 11 is 1.29. The van der Waals surface area contributed by atoms with Crippen LogP contribution in [0.25, 0.3) is 5.13 Å². The SMILES string of the molecule is CCc1nsc(-n2cnnn2)n1. The lowest BCUT2D eigenvalue weighted by atomic mass is 10.5. The van der Waals surface area contributed by atoms with Crippen molar-refractivity contribution < 1.29 is 0 Å². The molecule has 62 valence electrons. The van der Waals surface area contributed by atoms with Crippen LogP contribution in [0.3, 0.4) is 0 Å². The first-order valence-corrected chi connectivity index (χ1v) is 4.23. The molecule has 0 fully saturated rings. The molecule has 0 aromatic carbocycles. The van der Waals surface area contributed by atoms with Gasteiger partial charge in [-0.15, -0.1) is 5.10 Å². The molecule has 0 bridgehead atoms. The van der Waals surface area contributed by atoms with Crippen LogP contribution in [0.15, 0.2) is 6.33 Å². The minimum atomic E-state index is 0.705. The summed E-state index contributed by atoms with van der Waals surface area (Å²) in [5.41, 5.74) is 0. The molecule has 0 atom stereocenters. The molecule has 2 heterocycles. The second kappa shape index (κ2) is 2.94. The van der Waals surface area contributed by atoms with Crippen molar-refractivity contribution in [3.63, 3.8) is 0 Å². The van der Waals surface area contributed by atoms with E-state index in [1.807, 2.05) is 6.92 Å². The molecule has 0 unspecified atom stereocenters. The molecule has 2 rings (SSSR count). The molecular weight excluding hydrogens is 176 g/mol. The van der Waals surface area contributed by atoms with Crippen molar-refractivity contribution in [2.75, 3.05) is 0 Å². The average molecular weight is 182 g/mol. The Labute approximate surface area is 72.4 Å². The van der Waals surface area contributed by atoms with Crippen LogP contribution in [0, 0.1) is 0 Å². The van der Waals surface area contributed by atoms with E-state index in [0.29, 0.717) is 5.13 Å². The number of tetrazole rings is 1. The van der Waals surface area contributed by atoms with E-state index in [2.05, 4.69) is 24.9 Å². The highest BCUT2D eigenvalue weighted by Crippen LogP contribution is 2.08. The first-order chi connectivity index (χ1) is 5.90. The van der Waals surface area contributed by atoms with E-state index in [9.17, 15) is 0 Å². The molecule has 0 aliphatic heterocycles. The maximum absolute atomic E-state index is 4.20. The van der Waals surface area contributed by atoms with Crippen LogP contribution in [0.4, 0.5) is 0 Å². The van der Waals surface area contributed by atoms with Crippen LogP contribution in [0.5, 0.6) is 0 Å². The van der Waals surface area contributed by atoms with Gasteiger partial charge in [0.05, 0.1) is 0 Å². The number of hydrogen-bond donors (Lipinski definition) is 0. The van der Waals surface area contributed by atoms with E-state index in [1.54, 1.807) is 0 Å². The van der Waals surface area contributed by atoms with Gasteiger partial charge in [-0.1, -0.05) is 6.92 Å². The molecule has 0 spiro atoms. The first kappa shape index (κ1) is 7.29. The zero-order valence-corrected chi connectivity index (χ0v) is 7.19. The molecule has 0 aliphatic rings. The van der Waals surface area contributed by atoms with Crippen LogP contribution in [0.2, 0.25) is 0 Å². The van der Waals surface area contributed by atoms with Gasteiger partial charge in [0.1, 0.15) is 12.2 Å². The summed E-state index contributed by atoms with van der Waals surface area (Å²) in [5.74, 6) is 0.825. The normalized spacial score (nSPS) is 10.4. The molecule has 7 heteroatoms. The fraction of sp³-hybridized carbons (Fsp3) is 0.400. The number of hydrogen-bond acceptors (Lipinski definition) is 6. The van der Waals surface area contributed by atoms with Crippen molar-refractivity contribution in [2.45, 2.75) is 13.3 Å². The summed E-state index contributed by atoms with van der Waals surface area (Å²) in [7, 11) is 0. The van der Waals surface area contributed by atoms with Gasteiger partial charge < -0.3 is 0 Å². The smallest absolute Gasteiger partial charge is 0.202 e. The topological polar surface area (TPSA) is 69.4 Å². The third-order valence-corrected chi connectivity index (χ3v) is 2.06. The summed E-state index contributed by atoms with van der Waals surface area (Å²) in [6, 6.07) is 0. The van der Waals surface area contributed by atoms with E-state index in [-0.39, 0.29) is 0 Å². The Morgan fingerprint density at radius 3 is 3.08 bits per heavy atom. The monoisotopic (exact) mass is 182 g/mol. The summed E-state index contributed by atoms with van der Waals surface area (Å²) in [6.07, 6.45) is 2.33. The van der Waals surface area contributed by atoms with Gasteiger partial charge in [-0.2, -0.15) is 9.06 Å². The average Bonchev–Trinajstić information content (AvgIpc) is 2.75. The summed E-state index contributed by atoms with van der Waals surface area (Å²) in [5, 5.41) is 11.4. The van der Waals surface area contributed by atoms with Gasteiger partial charge in [0, 0.05) is 18.0 Å². The molecule has 0 saturated heterocycles. The Morgan fingerprint density at radius 2 is 2.50 bits per heavy atom. The van der Waals surface area contributed by atoms with E-state index in [1.165, 1.54) is 22.5 Å². The van der Waals surface area contributed by atoms with Gasteiger partial charge in [0.25, 0.3) is 0 Å². The molecule has 12 heavy (non-hydrogen) atoms. The van der Waals surface area contributed by atoms with Gasteiger partial charge in [0.15, 0.2) is 0 Å². The number of rotatable bonds is 2. The molecule has 2 aromatic rings. The van der Waals surface area contributed by atoms with E-state index in [4.69, 9.17) is 0 Å². The lowest BCUT2D eigenvalue weighted by Crippen LogP contribution is -1.94. The van der Waals surface area contributed by atoms with Gasteiger partial charge in [-0.25, -0.2) is 4.98 Å². The lowest BCUT2D eigenvalue weighted by molar-refractivity contribution is 0.779. The Bertz CT molecular complexity index is 352. The van der Waals surface area contributed by atoms with E-state index >= 15 is 0 Å². The fourth-order valence-corrected chi connectivity index (χ4v) is 1.40. The number of aryl methyl sites for hydroxylation is 1. The summed E-state index contributed by atoms with van der Waals surface area (Å²) in [4.78, 5) is 4.20. The Balaban J connectivity index is 2.35. The van der Waals surface area contributed by atoms with E-state index < -0.39 is 0 Å². The molecule has 2 aromatic heterocycles. The molecule has 0 aliphatic carbocycles. The third-order valence-electron chi connectivity index (χ3n) is 1.32. The summed E-state index contributed by atoms with van der Waals surface area (Å²) < 4.78 is 5.60. The Hall–Kier alpha value is -1.37. The zero-order chi connectivity index (χ0) is 8.39. The van der Waals surface area contributed by atoms with E-state index in [0.717, 1.165) is 12.2 Å². The van der Waals surface area contributed by atoms with Gasteiger partial charge >= 0.3 is 0 Å². The molecule has 0 saturated carbocycles. The highest BCUT2D eigenvalue weighted by atomic mass is 32.1. The number of nitrogens with zero attached hydrogens (tertiary/aromatic N) is 6. The van der Waals surface area contributed by atoms with Gasteiger partial charge in [-0.05, 0) is 10.4 Å². The maximum Gasteiger partial charge on any atom is 0.233 e. The van der Waals surface area contributed by atoms with Gasteiger partial charge in [0.2, 0.25) is 5.13 Å². The van der Waals surface area contributed by atoms with Crippen molar-refractivity contribution in [1.82, 2.24) is 29.6 Å². The van der Waals surface area contributed by atoms with Crippen molar-refractivity contribution in [1.29, 1.82) is 0 Å². The second-order valence-corrected chi connectivity index (χ2v) is 2.83. The summed E-state index contributed by atoms with van der Waals surface area (Å²) in [6.45, 7) is 2.01. The van der Waals surface area contributed by atoms with Crippen LogP contribution in [-0.4, -0.2) is 29.6 Å². The molecule has 6 nitrogen and oxygen atoms in total. The standard InChI is InChI=1S/C5H6N6S/c1-2-4-7-5(12-8-4)11-3-6-9-10-11/h3H,2H2,1H3. The van der Waals surface area contributed by atoms with Crippen LogP contribution in [-0.2, 0) is 6.42 Å². The van der Waals surface area contributed by atoms with Crippen molar-refractivity contribution >= 4 is 11.5 Å². The highest BCUT2D eigenvalue weighted by molar-refractivity contribution is 7.08. The van der Waals surface area contributed by atoms with Crippen LogP contribution < -0.4 is 0 Å². The highest BCUT2D eigenvalue weighted by Gasteiger charge is 2.04. The molecule has 0 N–H and O–H groups in total. The van der Waals surface area contributed by atoms with Crippen LogP contribution in [0.1, 0.15) is 12.7 Å². The molecule has 0 radical (unpaired) electrons. The van der Waals surface area contributed by atoms with Crippen molar-refractivity contribution in [3.05, 3.63) is 12.2 Å². The van der Waals surface area contributed by atoms with Crippen LogP contribution >= 0.6 is 11.5 Å². The molecule has 0 amide bonds. The maximum atomic E-state index is 4.20. The van der Waals surface area contributed by atoms with Crippen molar-refractivity contribution in [3.8, 4) is 5.13 Å². The third kappa shape index (κ3) is 1.18.